The average Bonchev–Trinajstić information content (AvgIpc) is 3.50. The van der Waals surface area contributed by atoms with Gasteiger partial charge in [-0.3, -0.25) is 4.57 Å². The predicted molar refractivity (Wildman–Crippen MR) is 222 cm³/mol. The van der Waals surface area contributed by atoms with Gasteiger partial charge < -0.3 is 0 Å². The van der Waals surface area contributed by atoms with E-state index in [-0.39, 0.29) is 0 Å². The molecule has 3 nitrogen and oxygen atoms in total. The zero-order chi connectivity index (χ0) is 34.6. The molecule has 0 saturated carbocycles. The van der Waals surface area contributed by atoms with Crippen LogP contribution in [0.25, 0.3) is 116 Å². The summed E-state index contributed by atoms with van der Waals surface area (Å²) in [5, 5.41) is 9.63. The normalized spacial score (nSPS) is 12.2. The van der Waals surface area contributed by atoms with Crippen molar-refractivity contribution in [2.75, 3.05) is 0 Å². The molecule has 1 aliphatic rings. The quantitative estimate of drug-likeness (QED) is 0.175. The topological polar surface area (TPSA) is 30.7 Å². The summed E-state index contributed by atoms with van der Waals surface area (Å²) in [7, 11) is 0. The summed E-state index contributed by atoms with van der Waals surface area (Å²) < 4.78 is 2.39. The van der Waals surface area contributed by atoms with E-state index in [2.05, 4.69) is 180 Å². The molecule has 11 aromatic rings. The van der Waals surface area contributed by atoms with Gasteiger partial charge in [0.25, 0.3) is 0 Å². The first-order valence-electron chi connectivity index (χ1n) is 18.2. The second-order valence-corrected chi connectivity index (χ2v) is 14.1. The van der Waals surface area contributed by atoms with Crippen LogP contribution in [-0.4, -0.2) is 14.5 Å². The van der Waals surface area contributed by atoms with Crippen LogP contribution in [0.3, 0.4) is 0 Å². The molecule has 3 heteroatoms. The third kappa shape index (κ3) is 3.99. The second kappa shape index (κ2) is 10.7. The van der Waals surface area contributed by atoms with E-state index < -0.39 is 0 Å². The largest absolute Gasteiger partial charge is 0.292 e. The molecule has 9 aromatic carbocycles. The molecular weight excluding hydrogens is 643 g/mol. The Kier molecular flexibility index (Phi) is 5.77. The van der Waals surface area contributed by atoms with E-state index in [0.717, 1.165) is 49.9 Å². The maximum absolute atomic E-state index is 5.60. The average molecular weight is 672 g/mol. The molecule has 244 valence electrons. The molecule has 0 amide bonds. The van der Waals surface area contributed by atoms with Gasteiger partial charge in [-0.15, -0.1) is 0 Å². The highest BCUT2D eigenvalue weighted by Gasteiger charge is 2.28. The molecule has 53 heavy (non-hydrogen) atoms. The third-order valence-corrected chi connectivity index (χ3v) is 11.3. The molecule has 0 unspecified atom stereocenters. The lowest BCUT2D eigenvalue weighted by atomic mass is 9.88. The van der Waals surface area contributed by atoms with E-state index in [9.17, 15) is 0 Å². The fraction of sp³-hybridized carbons (Fsp3) is 0. The van der Waals surface area contributed by atoms with Gasteiger partial charge in [0.15, 0.2) is 5.82 Å². The van der Waals surface area contributed by atoms with Gasteiger partial charge in [0.05, 0.1) is 22.1 Å². The first kappa shape index (κ1) is 28.6. The third-order valence-electron chi connectivity index (χ3n) is 11.3. The summed E-state index contributed by atoms with van der Waals surface area (Å²) >= 11 is 0. The number of benzene rings is 9. The highest BCUT2D eigenvalue weighted by molar-refractivity contribution is 6.32. The SMILES string of the molecule is c1ccc(-c2ccc3c4c2-c2ccccc2-c2cccc5ccc(c4c25)n3-c2nc3ccc4ccccc4c3nc2-c2ccc3ccccc3c2)cc1. The minimum Gasteiger partial charge on any atom is -0.292 e. The monoisotopic (exact) mass is 671 g/mol. The van der Waals surface area contributed by atoms with Crippen molar-refractivity contribution in [3.8, 4) is 50.5 Å². The Morgan fingerprint density at radius 2 is 1.06 bits per heavy atom. The summed E-state index contributed by atoms with van der Waals surface area (Å²) in [5.74, 6) is 0.826. The minimum absolute atomic E-state index is 0.826. The fourth-order valence-electron chi connectivity index (χ4n) is 8.96. The van der Waals surface area contributed by atoms with Crippen LogP contribution in [0.5, 0.6) is 0 Å². The molecule has 2 aromatic heterocycles. The van der Waals surface area contributed by atoms with Crippen molar-refractivity contribution in [2.24, 2.45) is 0 Å². The minimum atomic E-state index is 0.826. The molecule has 0 atom stereocenters. The smallest absolute Gasteiger partial charge is 0.165 e. The summed E-state index contributed by atoms with van der Waals surface area (Å²) in [6.45, 7) is 0. The van der Waals surface area contributed by atoms with Gasteiger partial charge in [0, 0.05) is 27.3 Å². The molecule has 0 radical (unpaired) electrons. The summed E-state index contributed by atoms with van der Waals surface area (Å²) in [6.07, 6.45) is 0. The molecule has 1 aliphatic carbocycles. The van der Waals surface area contributed by atoms with E-state index in [1.807, 2.05) is 0 Å². The predicted octanol–water partition coefficient (Wildman–Crippen LogP) is 13.2. The van der Waals surface area contributed by atoms with E-state index in [4.69, 9.17) is 9.97 Å². The van der Waals surface area contributed by atoms with Crippen LogP contribution in [0.4, 0.5) is 0 Å². The highest BCUT2D eigenvalue weighted by Crippen LogP contribution is 2.52. The number of hydrogen-bond donors (Lipinski definition) is 0. The van der Waals surface area contributed by atoms with Gasteiger partial charge in [-0.2, -0.15) is 0 Å². The number of hydrogen-bond acceptors (Lipinski definition) is 2. The molecule has 0 saturated heterocycles. The van der Waals surface area contributed by atoms with Gasteiger partial charge in [-0.05, 0) is 79.0 Å². The zero-order valence-corrected chi connectivity index (χ0v) is 28.6. The first-order chi connectivity index (χ1) is 26.3. The van der Waals surface area contributed by atoms with E-state index in [1.165, 1.54) is 65.7 Å². The van der Waals surface area contributed by atoms with Crippen LogP contribution in [0, 0.1) is 0 Å². The summed E-state index contributed by atoms with van der Waals surface area (Å²) in [5.41, 5.74) is 13.3. The van der Waals surface area contributed by atoms with Crippen molar-refractivity contribution in [3.63, 3.8) is 0 Å². The Bertz CT molecular complexity index is 3340. The van der Waals surface area contributed by atoms with Gasteiger partial charge >= 0.3 is 0 Å². The maximum atomic E-state index is 5.60. The van der Waals surface area contributed by atoms with Crippen LogP contribution in [0.15, 0.2) is 176 Å². The van der Waals surface area contributed by atoms with Crippen LogP contribution < -0.4 is 0 Å². The van der Waals surface area contributed by atoms with Crippen molar-refractivity contribution >= 4 is 65.2 Å². The fourth-order valence-corrected chi connectivity index (χ4v) is 8.96. The van der Waals surface area contributed by atoms with Crippen molar-refractivity contribution in [3.05, 3.63) is 176 Å². The lowest BCUT2D eigenvalue weighted by Crippen LogP contribution is -2.04. The molecule has 2 heterocycles. The second-order valence-electron chi connectivity index (χ2n) is 14.1. The number of fused-ring (bicyclic) bond motifs is 7. The van der Waals surface area contributed by atoms with Gasteiger partial charge in [-0.25, -0.2) is 9.97 Å². The summed E-state index contributed by atoms with van der Waals surface area (Å²) in [4.78, 5) is 11.2. The molecule has 0 bridgehead atoms. The standard InChI is InChI=1S/C50H29N3/c1-2-12-31(13-3-1)36-25-28-43-47-45(36)40-19-9-8-18-38(40)39-20-10-16-33-24-27-42(46(47)44(33)39)53(43)50-48(35-22-21-30-11-4-5-15-34(30)29-35)52-49-37-17-7-6-14-32(37)23-26-41(49)51-50/h1-29H. The molecule has 0 aliphatic heterocycles. The number of nitrogens with zero attached hydrogens (tertiary/aromatic N) is 3. The van der Waals surface area contributed by atoms with Gasteiger partial charge in [0.2, 0.25) is 0 Å². The van der Waals surface area contributed by atoms with Crippen molar-refractivity contribution in [1.82, 2.24) is 14.5 Å². The van der Waals surface area contributed by atoms with E-state index in [0.29, 0.717) is 0 Å². The molecule has 0 fully saturated rings. The molecule has 12 rings (SSSR count). The van der Waals surface area contributed by atoms with Crippen LogP contribution in [0.2, 0.25) is 0 Å². The first-order valence-corrected chi connectivity index (χ1v) is 18.2. The lowest BCUT2D eigenvalue weighted by molar-refractivity contribution is 1.08. The Hall–Kier alpha value is -7.10. The van der Waals surface area contributed by atoms with Crippen molar-refractivity contribution < 1.29 is 0 Å². The molecule has 0 N–H and O–H groups in total. The highest BCUT2D eigenvalue weighted by atomic mass is 15.1. The van der Waals surface area contributed by atoms with Crippen LogP contribution >= 0.6 is 0 Å². The Balaban J connectivity index is 1.29. The number of rotatable bonds is 3. The van der Waals surface area contributed by atoms with E-state index in [1.54, 1.807) is 0 Å². The van der Waals surface area contributed by atoms with Gasteiger partial charge in [0.1, 0.15) is 5.69 Å². The van der Waals surface area contributed by atoms with Crippen molar-refractivity contribution in [1.29, 1.82) is 0 Å². The zero-order valence-electron chi connectivity index (χ0n) is 28.6. The Labute approximate surface area is 305 Å². The molecular formula is C50H29N3. The Morgan fingerprint density at radius 1 is 0.377 bits per heavy atom. The van der Waals surface area contributed by atoms with Gasteiger partial charge in [-0.1, -0.05) is 152 Å². The Morgan fingerprint density at radius 3 is 1.96 bits per heavy atom. The van der Waals surface area contributed by atoms with E-state index >= 15 is 0 Å². The molecule has 0 spiro atoms. The lowest BCUT2D eigenvalue weighted by Gasteiger charge is -2.18. The van der Waals surface area contributed by atoms with Crippen LogP contribution in [-0.2, 0) is 0 Å². The van der Waals surface area contributed by atoms with Crippen LogP contribution in [0.1, 0.15) is 0 Å². The summed E-state index contributed by atoms with van der Waals surface area (Å²) in [6, 6.07) is 63.6. The maximum Gasteiger partial charge on any atom is 0.165 e. The van der Waals surface area contributed by atoms with Crippen molar-refractivity contribution in [2.45, 2.75) is 0 Å². The number of aromatic nitrogens is 3.